The number of benzene rings is 3. The second-order valence-electron chi connectivity index (χ2n) is 7.80. The van der Waals surface area contributed by atoms with Crippen molar-refractivity contribution in [1.29, 1.82) is 0 Å². The van der Waals surface area contributed by atoms with E-state index in [1.807, 2.05) is 48.5 Å². The Morgan fingerprint density at radius 1 is 1.03 bits per heavy atom. The molecule has 4 rings (SSSR count). The van der Waals surface area contributed by atoms with E-state index in [0.29, 0.717) is 11.4 Å². The Bertz CT molecular complexity index is 1180. The van der Waals surface area contributed by atoms with Gasteiger partial charge in [-0.1, -0.05) is 54.6 Å². The van der Waals surface area contributed by atoms with Gasteiger partial charge in [-0.15, -0.1) is 0 Å². The van der Waals surface area contributed by atoms with Crippen LogP contribution in [0.4, 0.5) is 5.69 Å². The number of hydrogen-bond donors (Lipinski definition) is 3. The maximum Gasteiger partial charge on any atom is 0.243 e. The van der Waals surface area contributed by atoms with Crippen molar-refractivity contribution in [2.75, 3.05) is 24.7 Å². The van der Waals surface area contributed by atoms with Crippen LogP contribution in [-0.4, -0.2) is 43.6 Å². The van der Waals surface area contributed by atoms with E-state index >= 15 is 0 Å². The van der Waals surface area contributed by atoms with Crippen molar-refractivity contribution in [2.45, 2.75) is 18.9 Å². The van der Waals surface area contributed by atoms with Gasteiger partial charge in [-0.05, 0) is 28.5 Å². The van der Waals surface area contributed by atoms with E-state index in [2.05, 4.69) is 10.6 Å². The molecule has 4 N–H and O–H groups in total. The number of nitrogens with two attached hydrogens (primary N) is 1. The standard InChI is InChI=1S/C25H26N4O4/c26-16-27-25(32)20(14-17-9-10-18-5-1-2-6-19(18)13-17)28-23(30)15-29-21-7-3-4-8-22(21)33-12-11-24(29)31/h1-10,13,20H,11-12,14-16,26H2,(H,27,32)(H,28,30)/t20-/m1/s1. The number of ether oxygens (including phenoxy) is 1. The molecule has 8 heteroatoms. The van der Waals surface area contributed by atoms with Gasteiger partial charge in [0.05, 0.1) is 25.4 Å². The first kappa shape index (κ1) is 22.3. The lowest BCUT2D eigenvalue weighted by Gasteiger charge is -2.23. The molecule has 1 atom stereocenters. The summed E-state index contributed by atoms with van der Waals surface area (Å²) in [5.41, 5.74) is 6.93. The van der Waals surface area contributed by atoms with Crippen LogP contribution in [0.2, 0.25) is 0 Å². The Morgan fingerprint density at radius 2 is 1.79 bits per heavy atom. The smallest absolute Gasteiger partial charge is 0.243 e. The lowest BCUT2D eigenvalue weighted by molar-refractivity contribution is -0.129. The molecule has 1 aliphatic heterocycles. The number of hydrogen-bond acceptors (Lipinski definition) is 5. The highest BCUT2D eigenvalue weighted by Gasteiger charge is 2.27. The predicted molar refractivity (Wildman–Crippen MR) is 126 cm³/mol. The van der Waals surface area contributed by atoms with Crippen LogP contribution in [0.3, 0.4) is 0 Å². The highest BCUT2D eigenvalue weighted by Crippen LogP contribution is 2.30. The third-order valence-electron chi connectivity index (χ3n) is 5.51. The van der Waals surface area contributed by atoms with Crippen molar-refractivity contribution >= 4 is 34.2 Å². The fourth-order valence-electron chi connectivity index (χ4n) is 3.91. The van der Waals surface area contributed by atoms with E-state index in [4.69, 9.17) is 10.5 Å². The summed E-state index contributed by atoms with van der Waals surface area (Å²) in [6, 6.07) is 20.1. The SMILES string of the molecule is NCNC(=O)[C@@H](Cc1ccc2ccccc2c1)NC(=O)CN1C(=O)CCOc2ccccc21. The average Bonchev–Trinajstić information content (AvgIpc) is 2.97. The zero-order valence-electron chi connectivity index (χ0n) is 18.1. The summed E-state index contributed by atoms with van der Waals surface area (Å²) in [6.07, 6.45) is 0.451. The zero-order valence-corrected chi connectivity index (χ0v) is 18.1. The van der Waals surface area contributed by atoms with Crippen LogP contribution in [0, 0.1) is 0 Å². The molecule has 0 saturated heterocycles. The summed E-state index contributed by atoms with van der Waals surface area (Å²) in [7, 11) is 0. The maximum atomic E-state index is 12.9. The molecule has 0 aromatic heterocycles. The van der Waals surface area contributed by atoms with Crippen LogP contribution in [-0.2, 0) is 20.8 Å². The molecule has 0 bridgehead atoms. The van der Waals surface area contributed by atoms with Crippen molar-refractivity contribution in [1.82, 2.24) is 10.6 Å². The lowest BCUT2D eigenvalue weighted by Crippen LogP contribution is -2.52. The van der Waals surface area contributed by atoms with Gasteiger partial charge in [0.15, 0.2) is 0 Å². The number of rotatable bonds is 7. The summed E-state index contributed by atoms with van der Waals surface area (Å²) in [5, 5.41) is 7.48. The molecule has 33 heavy (non-hydrogen) atoms. The first-order valence-electron chi connectivity index (χ1n) is 10.8. The largest absolute Gasteiger partial charge is 0.491 e. The number of amides is 3. The molecule has 0 fully saturated rings. The second kappa shape index (κ2) is 10.1. The minimum atomic E-state index is -0.837. The summed E-state index contributed by atoms with van der Waals surface area (Å²) in [6.45, 7) is -0.0148. The number of carbonyl (C=O) groups is 3. The van der Waals surface area contributed by atoms with Crippen LogP contribution in [0.1, 0.15) is 12.0 Å². The molecule has 3 aromatic carbocycles. The van der Waals surface area contributed by atoms with E-state index in [0.717, 1.165) is 16.3 Å². The highest BCUT2D eigenvalue weighted by molar-refractivity contribution is 6.01. The Balaban J connectivity index is 1.51. The topological polar surface area (TPSA) is 114 Å². The Kier molecular flexibility index (Phi) is 6.85. The van der Waals surface area contributed by atoms with Crippen molar-refractivity contribution in [3.8, 4) is 5.75 Å². The van der Waals surface area contributed by atoms with Crippen LogP contribution >= 0.6 is 0 Å². The minimum Gasteiger partial charge on any atom is -0.491 e. The third kappa shape index (κ3) is 5.30. The molecule has 170 valence electrons. The van der Waals surface area contributed by atoms with E-state index < -0.39 is 11.9 Å². The number of nitrogens with zero attached hydrogens (tertiary/aromatic N) is 1. The number of anilines is 1. The molecule has 0 aliphatic carbocycles. The molecule has 1 heterocycles. The summed E-state index contributed by atoms with van der Waals surface area (Å²) in [4.78, 5) is 39.6. The first-order valence-corrected chi connectivity index (χ1v) is 10.8. The molecule has 0 unspecified atom stereocenters. The van der Waals surface area contributed by atoms with E-state index in [1.165, 1.54) is 4.90 Å². The first-order chi connectivity index (χ1) is 16.0. The van der Waals surface area contributed by atoms with Gasteiger partial charge in [-0.25, -0.2) is 0 Å². The van der Waals surface area contributed by atoms with Gasteiger partial charge in [0.1, 0.15) is 18.3 Å². The van der Waals surface area contributed by atoms with Gasteiger partial charge in [0, 0.05) is 6.42 Å². The van der Waals surface area contributed by atoms with Crippen LogP contribution in [0.15, 0.2) is 66.7 Å². The van der Waals surface area contributed by atoms with Crippen molar-refractivity contribution in [3.05, 3.63) is 72.3 Å². The quantitative estimate of drug-likeness (QED) is 0.478. The van der Waals surface area contributed by atoms with Gasteiger partial charge in [0.25, 0.3) is 0 Å². The predicted octanol–water partition coefficient (Wildman–Crippen LogP) is 1.72. The molecule has 0 saturated carbocycles. The average molecular weight is 447 g/mol. The second-order valence-corrected chi connectivity index (χ2v) is 7.80. The summed E-state index contributed by atoms with van der Waals surface area (Å²) >= 11 is 0. The number of nitrogens with one attached hydrogen (secondary N) is 2. The fraction of sp³-hybridized carbons (Fsp3) is 0.240. The number of fused-ring (bicyclic) bond motifs is 2. The highest BCUT2D eigenvalue weighted by atomic mass is 16.5. The van der Waals surface area contributed by atoms with Crippen LogP contribution in [0.5, 0.6) is 5.75 Å². The Morgan fingerprint density at radius 3 is 2.61 bits per heavy atom. The molecular weight excluding hydrogens is 420 g/mol. The molecule has 0 radical (unpaired) electrons. The van der Waals surface area contributed by atoms with Gasteiger partial charge in [-0.2, -0.15) is 0 Å². The van der Waals surface area contributed by atoms with Gasteiger partial charge < -0.3 is 21.1 Å². The molecule has 3 amide bonds. The van der Waals surface area contributed by atoms with Crippen LogP contribution in [0.25, 0.3) is 10.8 Å². The number of para-hydroxylation sites is 2. The van der Waals surface area contributed by atoms with E-state index in [1.54, 1.807) is 18.2 Å². The van der Waals surface area contributed by atoms with E-state index in [9.17, 15) is 14.4 Å². The lowest BCUT2D eigenvalue weighted by atomic mass is 10.0. The van der Waals surface area contributed by atoms with Crippen LogP contribution < -0.4 is 26.0 Å². The van der Waals surface area contributed by atoms with E-state index in [-0.39, 0.29) is 44.5 Å². The van der Waals surface area contributed by atoms with Gasteiger partial charge in [-0.3, -0.25) is 19.3 Å². The summed E-state index contributed by atoms with van der Waals surface area (Å²) in [5.74, 6) is -0.500. The maximum absolute atomic E-state index is 12.9. The van der Waals surface area contributed by atoms with Crippen molar-refractivity contribution in [3.63, 3.8) is 0 Å². The van der Waals surface area contributed by atoms with Gasteiger partial charge in [0.2, 0.25) is 17.7 Å². The minimum absolute atomic E-state index is 0.0434. The molecule has 8 nitrogen and oxygen atoms in total. The fourth-order valence-corrected chi connectivity index (χ4v) is 3.91. The monoisotopic (exact) mass is 446 g/mol. The molecule has 3 aromatic rings. The van der Waals surface area contributed by atoms with Crippen molar-refractivity contribution < 1.29 is 19.1 Å². The third-order valence-corrected chi connectivity index (χ3v) is 5.51. The number of carbonyl (C=O) groups excluding carboxylic acids is 3. The molecule has 1 aliphatic rings. The normalized spacial score (nSPS) is 14.1. The Hall–Kier alpha value is -3.91. The Labute approximate surface area is 191 Å². The summed E-state index contributed by atoms with van der Waals surface area (Å²) < 4.78 is 5.62. The van der Waals surface area contributed by atoms with Gasteiger partial charge >= 0.3 is 0 Å². The molecular formula is C25H26N4O4. The zero-order chi connectivity index (χ0) is 23.2. The molecule has 0 spiro atoms. The van der Waals surface area contributed by atoms with Crippen molar-refractivity contribution in [2.24, 2.45) is 5.73 Å².